The zero-order chi connectivity index (χ0) is 30.4. The van der Waals surface area contributed by atoms with Crippen LogP contribution in [-0.2, 0) is 19.1 Å². The molecule has 1 aromatic carbocycles. The Balaban J connectivity index is 1.40. The summed E-state index contributed by atoms with van der Waals surface area (Å²) in [6.07, 6.45) is 12.5. The van der Waals surface area contributed by atoms with Crippen molar-refractivity contribution in [3.05, 3.63) is 35.4 Å². The smallest absolute Gasteiger partial charge is 0.237 e. The molecule has 1 fully saturated rings. The molecule has 42 heavy (non-hydrogen) atoms. The highest BCUT2D eigenvalue weighted by molar-refractivity contribution is 5.99. The van der Waals surface area contributed by atoms with Crippen LogP contribution in [0.1, 0.15) is 102 Å². The van der Waals surface area contributed by atoms with Gasteiger partial charge in [0.25, 0.3) is 0 Å². The number of hydrogen-bond donors (Lipinski definition) is 2. The van der Waals surface area contributed by atoms with Gasteiger partial charge in [0, 0.05) is 37.9 Å². The Bertz CT molecular complexity index is 923. The maximum Gasteiger partial charge on any atom is 0.237 e. The van der Waals surface area contributed by atoms with Crippen LogP contribution in [0.5, 0.6) is 0 Å². The number of unbranched alkanes of at least 4 members (excludes halogenated alkanes) is 7. The van der Waals surface area contributed by atoms with E-state index >= 15 is 0 Å². The van der Waals surface area contributed by atoms with Gasteiger partial charge in [-0.3, -0.25) is 19.5 Å². The summed E-state index contributed by atoms with van der Waals surface area (Å²) in [5, 5.41) is 6.05. The second-order valence-corrected chi connectivity index (χ2v) is 11.6. The van der Waals surface area contributed by atoms with Crippen LogP contribution in [0.3, 0.4) is 0 Å². The predicted octanol–water partition coefficient (Wildman–Crippen LogP) is 5.45. The fourth-order valence-corrected chi connectivity index (χ4v) is 5.43. The Labute approximate surface area is 255 Å². The number of hydrogen-bond acceptors (Lipinski definition) is 6. The van der Waals surface area contributed by atoms with E-state index in [-0.39, 0.29) is 17.9 Å². The second-order valence-electron chi connectivity index (χ2n) is 11.6. The van der Waals surface area contributed by atoms with Gasteiger partial charge in [-0.15, -0.1) is 0 Å². The van der Waals surface area contributed by atoms with Crippen molar-refractivity contribution >= 4 is 17.5 Å². The largest absolute Gasteiger partial charge is 0.379 e. The molecular weight excluding hydrogens is 528 g/mol. The topological polar surface area (TPSA) is 92.3 Å². The van der Waals surface area contributed by atoms with Crippen molar-refractivity contribution in [3.63, 3.8) is 0 Å². The number of aryl methyl sites for hydroxylation is 1. The quantitative estimate of drug-likeness (QED) is 0.131. The minimum atomic E-state index is -0.0458. The fraction of sp³-hybridized carbons (Fsp3) is 0.735. The standard InChI is InChI=1S/C34H58N4O4/c1-5-6-11-18-33(39)35-22-24-42-26-25-41-23-15-10-8-7-9-14-21-36-34(40)32-20-19-30(38(32)4)27-37-29(3)31-17-13-12-16-28(31)2/h12-13,16-17,30,32H,5-11,14-15,18-27H2,1-4H3,(H,35,39)(H,36,40)/t30-,32+/m0/s1. The van der Waals surface area contributed by atoms with E-state index in [2.05, 4.69) is 67.6 Å². The molecule has 2 N–H and O–H groups in total. The average Bonchev–Trinajstić information content (AvgIpc) is 3.35. The number of carbonyl (C=O) groups is 2. The first-order valence-corrected chi connectivity index (χ1v) is 16.4. The van der Waals surface area contributed by atoms with E-state index in [1.165, 1.54) is 24.0 Å². The summed E-state index contributed by atoms with van der Waals surface area (Å²) < 4.78 is 11.2. The van der Waals surface area contributed by atoms with E-state index in [1.807, 2.05) is 0 Å². The highest BCUT2D eigenvalue weighted by Crippen LogP contribution is 2.23. The van der Waals surface area contributed by atoms with Crippen LogP contribution in [0.2, 0.25) is 0 Å². The van der Waals surface area contributed by atoms with Gasteiger partial charge in [0.05, 0.1) is 32.4 Å². The molecule has 1 saturated heterocycles. The molecule has 1 aromatic rings. The van der Waals surface area contributed by atoms with Crippen LogP contribution in [0.25, 0.3) is 0 Å². The zero-order valence-electron chi connectivity index (χ0n) is 26.9. The van der Waals surface area contributed by atoms with Gasteiger partial charge in [-0.1, -0.05) is 69.7 Å². The normalized spacial score (nSPS) is 17.5. The molecule has 2 atom stereocenters. The number of aliphatic imine (C=N–C) groups is 1. The van der Waals surface area contributed by atoms with Crippen LogP contribution < -0.4 is 10.6 Å². The Morgan fingerprint density at radius 1 is 0.881 bits per heavy atom. The molecule has 238 valence electrons. The van der Waals surface area contributed by atoms with Gasteiger partial charge in [0.15, 0.2) is 0 Å². The van der Waals surface area contributed by atoms with E-state index in [0.29, 0.717) is 38.8 Å². The summed E-state index contributed by atoms with van der Waals surface area (Å²) >= 11 is 0. The van der Waals surface area contributed by atoms with Crippen LogP contribution in [-0.4, -0.2) is 87.6 Å². The van der Waals surface area contributed by atoms with Gasteiger partial charge in [-0.25, -0.2) is 0 Å². The van der Waals surface area contributed by atoms with Crippen molar-refractivity contribution in [3.8, 4) is 0 Å². The van der Waals surface area contributed by atoms with E-state index in [0.717, 1.165) is 83.2 Å². The molecule has 0 radical (unpaired) electrons. The molecule has 1 aliphatic heterocycles. The van der Waals surface area contributed by atoms with E-state index in [1.54, 1.807) is 0 Å². The summed E-state index contributed by atoms with van der Waals surface area (Å²) in [5.41, 5.74) is 3.52. The lowest BCUT2D eigenvalue weighted by Gasteiger charge is -2.24. The summed E-state index contributed by atoms with van der Waals surface area (Å²) in [4.78, 5) is 31.5. The third-order valence-electron chi connectivity index (χ3n) is 8.18. The molecular formula is C34H58N4O4. The number of ether oxygens (including phenoxy) is 2. The third-order valence-corrected chi connectivity index (χ3v) is 8.18. The average molecular weight is 587 g/mol. The number of benzene rings is 1. The lowest BCUT2D eigenvalue weighted by Crippen LogP contribution is -2.44. The van der Waals surface area contributed by atoms with E-state index < -0.39 is 0 Å². The van der Waals surface area contributed by atoms with Crippen molar-refractivity contribution in [1.29, 1.82) is 0 Å². The first-order chi connectivity index (χ1) is 20.4. The van der Waals surface area contributed by atoms with Crippen molar-refractivity contribution in [2.75, 3.05) is 53.1 Å². The van der Waals surface area contributed by atoms with Crippen LogP contribution in [0.4, 0.5) is 0 Å². The molecule has 2 amide bonds. The van der Waals surface area contributed by atoms with Crippen LogP contribution >= 0.6 is 0 Å². The SMILES string of the molecule is CCCCCC(=O)NCCOCCOCCCCCCCCNC(=O)[C@H]1CC[C@@H](CN=C(C)c2ccccc2C)N1C. The lowest BCUT2D eigenvalue weighted by molar-refractivity contribution is -0.125. The molecule has 0 aromatic heterocycles. The number of likely N-dealkylation sites (N-methyl/N-ethyl adjacent to an activating group) is 1. The van der Waals surface area contributed by atoms with Gasteiger partial charge in [0.2, 0.25) is 11.8 Å². The van der Waals surface area contributed by atoms with Gasteiger partial charge in [-0.2, -0.15) is 0 Å². The summed E-state index contributed by atoms with van der Waals surface area (Å²) in [6, 6.07) is 8.63. The maximum atomic E-state index is 12.8. The molecule has 8 heteroatoms. The Morgan fingerprint density at radius 2 is 1.60 bits per heavy atom. The number of carbonyl (C=O) groups excluding carboxylic acids is 2. The molecule has 2 rings (SSSR count). The van der Waals surface area contributed by atoms with E-state index in [9.17, 15) is 9.59 Å². The molecule has 1 heterocycles. The van der Waals surface area contributed by atoms with Crippen LogP contribution in [0.15, 0.2) is 29.3 Å². The molecule has 0 unspecified atom stereocenters. The molecule has 0 aliphatic carbocycles. The molecule has 8 nitrogen and oxygen atoms in total. The van der Waals surface area contributed by atoms with Gasteiger partial charge < -0.3 is 20.1 Å². The number of amides is 2. The molecule has 0 spiro atoms. The first kappa shape index (κ1) is 35.9. The Kier molecular flexibility index (Phi) is 19.0. The number of nitrogens with one attached hydrogen (secondary N) is 2. The van der Waals surface area contributed by atoms with Gasteiger partial charge >= 0.3 is 0 Å². The van der Waals surface area contributed by atoms with Crippen molar-refractivity contribution < 1.29 is 19.1 Å². The monoisotopic (exact) mass is 586 g/mol. The van der Waals surface area contributed by atoms with Crippen LogP contribution in [0, 0.1) is 6.92 Å². The highest BCUT2D eigenvalue weighted by Gasteiger charge is 2.34. The van der Waals surface area contributed by atoms with Gasteiger partial charge in [-0.05, 0) is 64.1 Å². The minimum Gasteiger partial charge on any atom is -0.379 e. The second kappa shape index (κ2) is 22.3. The van der Waals surface area contributed by atoms with Crippen molar-refractivity contribution in [2.45, 2.75) is 110 Å². The highest BCUT2D eigenvalue weighted by atomic mass is 16.5. The summed E-state index contributed by atoms with van der Waals surface area (Å²) in [7, 11) is 2.06. The van der Waals surface area contributed by atoms with Crippen molar-refractivity contribution in [1.82, 2.24) is 15.5 Å². The Morgan fingerprint density at radius 3 is 2.36 bits per heavy atom. The summed E-state index contributed by atoms with van der Waals surface area (Å²) in [5.74, 6) is 0.276. The summed E-state index contributed by atoms with van der Waals surface area (Å²) in [6.45, 7) is 10.9. The Hall–Kier alpha value is -2.29. The van der Waals surface area contributed by atoms with Gasteiger partial charge in [0.1, 0.15) is 0 Å². The molecule has 1 aliphatic rings. The number of nitrogens with zero attached hydrogens (tertiary/aromatic N) is 2. The number of likely N-dealkylation sites (tertiary alicyclic amines) is 1. The van der Waals surface area contributed by atoms with Crippen molar-refractivity contribution in [2.24, 2.45) is 4.99 Å². The number of rotatable bonds is 23. The predicted molar refractivity (Wildman–Crippen MR) is 172 cm³/mol. The fourth-order valence-electron chi connectivity index (χ4n) is 5.43. The van der Waals surface area contributed by atoms with E-state index in [4.69, 9.17) is 14.5 Å². The minimum absolute atomic E-state index is 0.0458. The molecule has 0 bridgehead atoms. The maximum absolute atomic E-state index is 12.8. The third kappa shape index (κ3) is 14.7. The lowest BCUT2D eigenvalue weighted by atomic mass is 10.1. The zero-order valence-corrected chi connectivity index (χ0v) is 26.9. The molecule has 0 saturated carbocycles. The first-order valence-electron chi connectivity index (χ1n) is 16.4.